The zero-order valence-electron chi connectivity index (χ0n) is 11.0. The lowest BCUT2D eigenvalue weighted by atomic mass is 10.0. The van der Waals surface area contributed by atoms with Gasteiger partial charge in [0.1, 0.15) is 11.5 Å². The highest BCUT2D eigenvalue weighted by Gasteiger charge is 2.16. The predicted molar refractivity (Wildman–Crippen MR) is 74.4 cm³/mol. The maximum Gasteiger partial charge on any atom is 0.174 e. The fraction of sp³-hybridized carbons (Fsp3) is 0.125. The van der Waals surface area contributed by atoms with Gasteiger partial charge in [-0.05, 0) is 36.4 Å². The maximum absolute atomic E-state index is 12.1. The van der Waals surface area contributed by atoms with Crippen molar-refractivity contribution < 1.29 is 19.4 Å². The van der Waals surface area contributed by atoms with Crippen LogP contribution in [0.4, 0.5) is 0 Å². The van der Waals surface area contributed by atoms with E-state index in [-0.39, 0.29) is 23.7 Å². The number of rotatable bonds is 5. The number of methoxy groups -OCH3 is 1. The maximum atomic E-state index is 12.1. The van der Waals surface area contributed by atoms with Crippen molar-refractivity contribution in [1.82, 2.24) is 0 Å². The second kappa shape index (κ2) is 6.02. The van der Waals surface area contributed by atoms with Gasteiger partial charge in [-0.1, -0.05) is 12.1 Å². The predicted octanol–water partition coefficient (Wildman–Crippen LogP) is 2.86. The zero-order valence-corrected chi connectivity index (χ0v) is 11.0. The first-order valence-electron chi connectivity index (χ1n) is 6.10. The van der Waals surface area contributed by atoms with Gasteiger partial charge in [0.15, 0.2) is 11.6 Å². The summed E-state index contributed by atoms with van der Waals surface area (Å²) in [4.78, 5) is 24.1. The number of hydrogen-bond acceptors (Lipinski definition) is 4. The molecule has 20 heavy (non-hydrogen) atoms. The number of ether oxygens (including phenoxy) is 1. The minimum Gasteiger partial charge on any atom is -0.508 e. The largest absolute Gasteiger partial charge is 0.508 e. The van der Waals surface area contributed by atoms with Crippen LogP contribution in [0.5, 0.6) is 11.5 Å². The molecule has 0 spiro atoms. The highest BCUT2D eigenvalue weighted by molar-refractivity contribution is 6.14. The van der Waals surface area contributed by atoms with Gasteiger partial charge in [-0.2, -0.15) is 0 Å². The summed E-state index contributed by atoms with van der Waals surface area (Å²) >= 11 is 0. The molecule has 0 saturated heterocycles. The average Bonchev–Trinajstić information content (AvgIpc) is 2.47. The summed E-state index contributed by atoms with van der Waals surface area (Å²) in [6.07, 6.45) is -0.231. The van der Waals surface area contributed by atoms with E-state index < -0.39 is 0 Å². The van der Waals surface area contributed by atoms with Crippen molar-refractivity contribution in [2.45, 2.75) is 6.42 Å². The molecular weight excluding hydrogens is 256 g/mol. The Bertz CT molecular complexity index is 629. The van der Waals surface area contributed by atoms with Crippen molar-refractivity contribution in [3.8, 4) is 11.5 Å². The molecular formula is C16H14O4. The van der Waals surface area contributed by atoms with E-state index in [0.717, 1.165) is 0 Å². The number of hydrogen-bond donors (Lipinski definition) is 1. The molecule has 0 bridgehead atoms. The molecule has 0 aliphatic heterocycles. The Labute approximate surface area is 116 Å². The highest BCUT2D eigenvalue weighted by Crippen LogP contribution is 2.20. The molecule has 0 radical (unpaired) electrons. The van der Waals surface area contributed by atoms with Crippen LogP contribution < -0.4 is 4.74 Å². The number of ketones is 2. The van der Waals surface area contributed by atoms with Gasteiger partial charge >= 0.3 is 0 Å². The van der Waals surface area contributed by atoms with Crippen molar-refractivity contribution in [1.29, 1.82) is 0 Å². The number of carbonyl (C=O) groups excluding carboxylic acids is 2. The normalized spacial score (nSPS) is 10.1. The fourth-order valence-electron chi connectivity index (χ4n) is 1.87. The number of Topliss-reactive ketones (excluding diaryl/α,β-unsaturated/α-hetero) is 2. The van der Waals surface area contributed by atoms with Gasteiger partial charge in [-0.3, -0.25) is 9.59 Å². The molecule has 4 heteroatoms. The smallest absolute Gasteiger partial charge is 0.174 e. The van der Waals surface area contributed by atoms with Gasteiger partial charge < -0.3 is 9.84 Å². The molecule has 102 valence electrons. The van der Waals surface area contributed by atoms with Crippen molar-refractivity contribution in [2.75, 3.05) is 7.11 Å². The first-order valence-corrected chi connectivity index (χ1v) is 6.10. The number of para-hydroxylation sites is 1. The van der Waals surface area contributed by atoms with Gasteiger partial charge in [0, 0.05) is 5.56 Å². The molecule has 0 aliphatic carbocycles. The van der Waals surface area contributed by atoms with Crippen LogP contribution in [-0.4, -0.2) is 23.8 Å². The van der Waals surface area contributed by atoms with Gasteiger partial charge in [0.2, 0.25) is 0 Å². The minimum absolute atomic E-state index is 0.0811. The van der Waals surface area contributed by atoms with Crippen molar-refractivity contribution in [3.63, 3.8) is 0 Å². The van der Waals surface area contributed by atoms with Crippen molar-refractivity contribution in [3.05, 3.63) is 59.7 Å². The molecule has 0 saturated carbocycles. The van der Waals surface area contributed by atoms with E-state index in [0.29, 0.717) is 16.9 Å². The molecule has 0 unspecified atom stereocenters. The van der Waals surface area contributed by atoms with Gasteiger partial charge in [-0.15, -0.1) is 0 Å². The van der Waals surface area contributed by atoms with Crippen molar-refractivity contribution >= 4 is 11.6 Å². The summed E-state index contributed by atoms with van der Waals surface area (Å²) in [5.74, 6) is -0.0463. The van der Waals surface area contributed by atoms with E-state index in [1.54, 1.807) is 24.3 Å². The second-order valence-electron chi connectivity index (χ2n) is 4.27. The number of carbonyl (C=O) groups is 2. The van der Waals surface area contributed by atoms with Gasteiger partial charge in [0.25, 0.3) is 0 Å². The molecule has 2 aromatic carbocycles. The third-order valence-electron chi connectivity index (χ3n) is 2.92. The first-order chi connectivity index (χ1) is 9.61. The summed E-state index contributed by atoms with van der Waals surface area (Å²) < 4.78 is 5.10. The Hall–Kier alpha value is -2.62. The molecule has 0 amide bonds. The Kier molecular flexibility index (Phi) is 4.15. The van der Waals surface area contributed by atoms with Crippen LogP contribution in [0.2, 0.25) is 0 Å². The van der Waals surface area contributed by atoms with E-state index in [2.05, 4.69) is 0 Å². The zero-order chi connectivity index (χ0) is 14.5. The highest BCUT2D eigenvalue weighted by atomic mass is 16.5. The fourth-order valence-corrected chi connectivity index (χ4v) is 1.87. The third kappa shape index (κ3) is 3.03. The van der Waals surface area contributed by atoms with Crippen LogP contribution in [-0.2, 0) is 0 Å². The van der Waals surface area contributed by atoms with Gasteiger partial charge in [0.05, 0.1) is 19.1 Å². The van der Waals surface area contributed by atoms with Crippen molar-refractivity contribution in [2.24, 2.45) is 0 Å². The number of aromatic hydroxyl groups is 1. The Morgan fingerprint density at radius 1 is 1.00 bits per heavy atom. The monoisotopic (exact) mass is 270 g/mol. The summed E-state index contributed by atoms with van der Waals surface area (Å²) in [5.41, 5.74) is 0.785. The SMILES string of the molecule is COc1ccccc1C(=O)CC(=O)c1ccc(O)cc1. The molecule has 0 aliphatic rings. The Morgan fingerprint density at radius 2 is 1.65 bits per heavy atom. The lowest BCUT2D eigenvalue weighted by Gasteiger charge is -2.06. The van der Waals surface area contributed by atoms with Crippen LogP contribution in [0.15, 0.2) is 48.5 Å². The molecule has 0 fully saturated rings. The number of phenols is 1. The number of phenolic OH excluding ortho intramolecular Hbond substituents is 1. The molecule has 1 N–H and O–H groups in total. The summed E-state index contributed by atoms with van der Waals surface area (Å²) in [7, 11) is 1.48. The first kappa shape index (κ1) is 13.8. The Morgan fingerprint density at radius 3 is 2.30 bits per heavy atom. The molecule has 0 atom stereocenters. The van der Waals surface area contributed by atoms with Crippen LogP contribution >= 0.6 is 0 Å². The van der Waals surface area contributed by atoms with E-state index >= 15 is 0 Å². The molecule has 0 heterocycles. The van der Waals surface area contributed by atoms with Crippen LogP contribution in [0.1, 0.15) is 27.1 Å². The second-order valence-corrected chi connectivity index (χ2v) is 4.27. The Balaban J connectivity index is 2.15. The third-order valence-corrected chi connectivity index (χ3v) is 2.92. The van der Waals surface area contributed by atoms with E-state index in [4.69, 9.17) is 4.74 Å². The van der Waals surface area contributed by atoms with Gasteiger partial charge in [-0.25, -0.2) is 0 Å². The summed E-state index contributed by atoms with van der Waals surface area (Å²) in [5, 5.41) is 9.17. The molecule has 2 rings (SSSR count). The standard InChI is InChI=1S/C16H14O4/c1-20-16-5-3-2-4-13(16)15(19)10-14(18)11-6-8-12(17)9-7-11/h2-9,17H,10H2,1H3. The number of benzene rings is 2. The molecule has 0 aromatic heterocycles. The average molecular weight is 270 g/mol. The van der Waals surface area contributed by atoms with Crippen LogP contribution in [0, 0.1) is 0 Å². The van der Waals surface area contributed by atoms with Crippen LogP contribution in [0.3, 0.4) is 0 Å². The summed E-state index contributed by atoms with van der Waals surface area (Å²) in [6, 6.07) is 12.6. The van der Waals surface area contributed by atoms with E-state index in [9.17, 15) is 14.7 Å². The lowest BCUT2D eigenvalue weighted by molar-refractivity contribution is 0.0893. The van der Waals surface area contributed by atoms with E-state index in [1.165, 1.54) is 31.4 Å². The topological polar surface area (TPSA) is 63.6 Å². The lowest BCUT2D eigenvalue weighted by Crippen LogP contribution is -2.09. The summed E-state index contributed by atoms with van der Waals surface area (Å²) in [6.45, 7) is 0. The molecule has 4 nitrogen and oxygen atoms in total. The quantitative estimate of drug-likeness (QED) is 0.670. The minimum atomic E-state index is -0.291. The van der Waals surface area contributed by atoms with Crippen LogP contribution in [0.25, 0.3) is 0 Å². The van der Waals surface area contributed by atoms with E-state index in [1.807, 2.05) is 0 Å². The molecule has 2 aromatic rings.